The van der Waals surface area contributed by atoms with Gasteiger partial charge in [0.05, 0.1) is 11.1 Å². The predicted octanol–water partition coefficient (Wildman–Crippen LogP) is 2.60. The molecule has 0 atom stereocenters. The Labute approximate surface area is 104 Å². The van der Waals surface area contributed by atoms with Gasteiger partial charge in [-0.2, -0.15) is 0 Å². The highest BCUT2D eigenvalue weighted by Gasteiger charge is 2.31. The average molecular weight is 286 g/mol. The van der Waals surface area contributed by atoms with E-state index in [-0.39, 0.29) is 5.60 Å². The molecular weight excluding hydrogens is 270 g/mol. The summed E-state index contributed by atoms with van der Waals surface area (Å²) in [6.07, 6.45) is 1.76. The molecular formula is C12H16BrNO2. The maximum Gasteiger partial charge on any atom is 0.137 e. The van der Waals surface area contributed by atoms with Crippen LogP contribution in [-0.4, -0.2) is 12.2 Å². The second-order valence-electron chi connectivity index (χ2n) is 4.73. The molecule has 0 saturated carbocycles. The summed E-state index contributed by atoms with van der Waals surface area (Å²) in [4.78, 5) is 4.60. The molecule has 0 unspecified atom stereocenters. The fraction of sp³-hybridized carbons (Fsp3) is 0.500. The zero-order valence-electron chi connectivity index (χ0n) is 9.55. The zero-order chi connectivity index (χ0) is 11.8. The van der Waals surface area contributed by atoms with Crippen molar-refractivity contribution in [1.82, 2.24) is 0 Å². The van der Waals surface area contributed by atoms with Gasteiger partial charge in [0, 0.05) is 6.42 Å². The Bertz CT molecular complexity index is 404. The van der Waals surface area contributed by atoms with Crippen LogP contribution in [0.25, 0.3) is 0 Å². The molecule has 1 aromatic carbocycles. The Morgan fingerprint density at radius 1 is 1.50 bits per heavy atom. The van der Waals surface area contributed by atoms with E-state index in [2.05, 4.69) is 46.7 Å². The lowest BCUT2D eigenvalue weighted by atomic mass is 9.99. The molecule has 1 aliphatic heterocycles. The van der Waals surface area contributed by atoms with Crippen LogP contribution >= 0.6 is 15.9 Å². The first-order valence-electron chi connectivity index (χ1n) is 5.34. The van der Waals surface area contributed by atoms with Gasteiger partial charge in [-0.25, -0.2) is 5.90 Å². The van der Waals surface area contributed by atoms with Crippen LogP contribution in [0.4, 0.5) is 0 Å². The lowest BCUT2D eigenvalue weighted by molar-refractivity contribution is 0.137. The number of nitrogens with two attached hydrogens (primary N) is 1. The van der Waals surface area contributed by atoms with Crippen LogP contribution in [-0.2, 0) is 17.7 Å². The Kier molecular flexibility index (Phi) is 3.24. The van der Waals surface area contributed by atoms with Gasteiger partial charge in [-0.3, -0.25) is 0 Å². The standard InChI is InChI=1S/C12H16BrNO2/c1-12(2)7-9-5-8(3-4-15-14)6-10(13)11(9)16-12/h5-6H,3-4,7,14H2,1-2H3. The number of halogens is 1. The number of fused-ring (bicyclic) bond motifs is 1. The quantitative estimate of drug-likeness (QED) is 0.869. The van der Waals surface area contributed by atoms with Gasteiger partial charge < -0.3 is 9.57 Å². The summed E-state index contributed by atoms with van der Waals surface area (Å²) in [7, 11) is 0. The first-order valence-corrected chi connectivity index (χ1v) is 6.13. The summed E-state index contributed by atoms with van der Waals surface area (Å²) in [5, 5.41) is 0. The minimum Gasteiger partial charge on any atom is -0.486 e. The van der Waals surface area contributed by atoms with Crippen molar-refractivity contribution in [3.63, 3.8) is 0 Å². The summed E-state index contributed by atoms with van der Waals surface area (Å²) in [6.45, 7) is 4.74. The van der Waals surface area contributed by atoms with Crippen LogP contribution in [0.3, 0.4) is 0 Å². The molecule has 0 fully saturated rings. The molecule has 4 heteroatoms. The Balaban J connectivity index is 2.27. The largest absolute Gasteiger partial charge is 0.486 e. The Morgan fingerprint density at radius 2 is 2.25 bits per heavy atom. The van der Waals surface area contributed by atoms with Gasteiger partial charge >= 0.3 is 0 Å². The van der Waals surface area contributed by atoms with Crippen LogP contribution in [0.5, 0.6) is 5.75 Å². The molecule has 1 aromatic rings. The van der Waals surface area contributed by atoms with Crippen molar-refractivity contribution < 1.29 is 9.57 Å². The zero-order valence-corrected chi connectivity index (χ0v) is 11.1. The third-order valence-electron chi connectivity index (χ3n) is 2.68. The van der Waals surface area contributed by atoms with E-state index in [9.17, 15) is 0 Å². The third kappa shape index (κ3) is 2.39. The molecule has 0 spiro atoms. The molecule has 0 saturated heterocycles. The number of rotatable bonds is 3. The SMILES string of the molecule is CC1(C)Cc2cc(CCON)cc(Br)c2O1. The van der Waals surface area contributed by atoms with E-state index >= 15 is 0 Å². The van der Waals surface area contributed by atoms with Crippen molar-refractivity contribution in [3.8, 4) is 5.75 Å². The molecule has 0 radical (unpaired) electrons. The van der Waals surface area contributed by atoms with Gasteiger partial charge in [0.1, 0.15) is 11.4 Å². The third-order valence-corrected chi connectivity index (χ3v) is 3.27. The lowest BCUT2D eigenvalue weighted by Gasteiger charge is -2.17. The highest BCUT2D eigenvalue weighted by atomic mass is 79.9. The number of ether oxygens (including phenoxy) is 1. The highest BCUT2D eigenvalue weighted by Crippen LogP contribution is 2.41. The average Bonchev–Trinajstić information content (AvgIpc) is 2.50. The lowest BCUT2D eigenvalue weighted by Crippen LogP contribution is -2.24. The first-order chi connectivity index (χ1) is 7.52. The van der Waals surface area contributed by atoms with Gasteiger partial charge in [0.15, 0.2) is 0 Å². The van der Waals surface area contributed by atoms with Crippen LogP contribution in [0, 0.1) is 0 Å². The molecule has 0 aromatic heterocycles. The van der Waals surface area contributed by atoms with Crippen LogP contribution < -0.4 is 10.6 Å². The Morgan fingerprint density at radius 3 is 2.94 bits per heavy atom. The van der Waals surface area contributed by atoms with Gasteiger partial charge in [-0.1, -0.05) is 6.07 Å². The molecule has 3 nitrogen and oxygen atoms in total. The summed E-state index contributed by atoms with van der Waals surface area (Å²) < 4.78 is 6.90. The number of hydrogen-bond donors (Lipinski definition) is 1. The highest BCUT2D eigenvalue weighted by molar-refractivity contribution is 9.10. The van der Waals surface area contributed by atoms with Gasteiger partial charge in [-0.15, -0.1) is 0 Å². The molecule has 88 valence electrons. The molecule has 0 aliphatic carbocycles. The van der Waals surface area contributed by atoms with Gasteiger partial charge in [-0.05, 0) is 53.4 Å². The molecule has 1 heterocycles. The van der Waals surface area contributed by atoms with Crippen molar-refractivity contribution in [2.45, 2.75) is 32.3 Å². The number of benzene rings is 1. The van der Waals surface area contributed by atoms with Crippen LogP contribution in [0.2, 0.25) is 0 Å². The van der Waals surface area contributed by atoms with E-state index < -0.39 is 0 Å². The molecule has 2 rings (SSSR count). The second-order valence-corrected chi connectivity index (χ2v) is 5.58. The molecule has 1 aliphatic rings. The maximum absolute atomic E-state index is 5.88. The maximum atomic E-state index is 5.88. The monoisotopic (exact) mass is 285 g/mol. The van der Waals surface area contributed by atoms with Gasteiger partial charge in [0.2, 0.25) is 0 Å². The summed E-state index contributed by atoms with van der Waals surface area (Å²) in [5.74, 6) is 6.01. The van der Waals surface area contributed by atoms with Crippen molar-refractivity contribution in [3.05, 3.63) is 27.7 Å². The van der Waals surface area contributed by atoms with Crippen molar-refractivity contribution in [2.75, 3.05) is 6.61 Å². The van der Waals surface area contributed by atoms with Crippen molar-refractivity contribution >= 4 is 15.9 Å². The fourth-order valence-corrected chi connectivity index (χ4v) is 2.68. The van der Waals surface area contributed by atoms with Crippen molar-refractivity contribution in [1.29, 1.82) is 0 Å². The molecule has 2 N–H and O–H groups in total. The topological polar surface area (TPSA) is 44.5 Å². The molecule has 0 bridgehead atoms. The van der Waals surface area contributed by atoms with E-state index in [1.165, 1.54) is 11.1 Å². The number of hydrogen-bond acceptors (Lipinski definition) is 3. The fourth-order valence-electron chi connectivity index (χ4n) is 2.05. The predicted molar refractivity (Wildman–Crippen MR) is 66.4 cm³/mol. The van der Waals surface area contributed by atoms with Crippen LogP contribution in [0.15, 0.2) is 16.6 Å². The van der Waals surface area contributed by atoms with Crippen LogP contribution in [0.1, 0.15) is 25.0 Å². The second kappa shape index (κ2) is 4.35. The minimum atomic E-state index is -0.103. The van der Waals surface area contributed by atoms with E-state index in [4.69, 9.17) is 10.6 Å². The van der Waals surface area contributed by atoms with Crippen molar-refractivity contribution in [2.24, 2.45) is 5.90 Å². The van der Waals surface area contributed by atoms with E-state index in [1.807, 2.05) is 0 Å². The summed E-state index contributed by atoms with van der Waals surface area (Å²) in [6, 6.07) is 4.24. The smallest absolute Gasteiger partial charge is 0.137 e. The van der Waals surface area contributed by atoms with Gasteiger partial charge in [0.25, 0.3) is 0 Å². The minimum absolute atomic E-state index is 0.103. The first kappa shape index (κ1) is 11.9. The Hall–Kier alpha value is -0.580. The summed E-state index contributed by atoms with van der Waals surface area (Å²) in [5.41, 5.74) is 2.37. The van der Waals surface area contributed by atoms with E-state index in [1.54, 1.807) is 0 Å². The molecule has 16 heavy (non-hydrogen) atoms. The normalized spacial score (nSPS) is 17.0. The summed E-state index contributed by atoms with van der Waals surface area (Å²) >= 11 is 3.54. The van der Waals surface area contributed by atoms with E-state index in [0.29, 0.717) is 6.61 Å². The molecule has 0 amide bonds. The van der Waals surface area contributed by atoms with E-state index in [0.717, 1.165) is 23.1 Å².